The molecule has 6 heteroatoms. The fourth-order valence-electron chi connectivity index (χ4n) is 2.26. The number of phenolic OH excluding ortho intramolecular Hbond substituents is 1. The first-order valence-electron chi connectivity index (χ1n) is 7.13. The van der Waals surface area contributed by atoms with Crippen LogP contribution in [-0.2, 0) is 0 Å². The molecule has 0 spiro atoms. The van der Waals surface area contributed by atoms with Crippen LogP contribution in [0.2, 0.25) is 0 Å². The van der Waals surface area contributed by atoms with Gasteiger partial charge in [0, 0.05) is 23.2 Å². The van der Waals surface area contributed by atoms with Crippen LogP contribution in [0.25, 0.3) is 11.0 Å². The van der Waals surface area contributed by atoms with Gasteiger partial charge in [-0.2, -0.15) is 0 Å². The fourth-order valence-corrected chi connectivity index (χ4v) is 2.26. The van der Waals surface area contributed by atoms with Gasteiger partial charge in [0.15, 0.2) is 0 Å². The molecule has 3 aromatic rings. The van der Waals surface area contributed by atoms with Gasteiger partial charge in [-0.1, -0.05) is 0 Å². The number of methoxy groups -OCH3 is 2. The Balaban J connectivity index is 2.03. The minimum atomic E-state index is -0.591. The number of phenols is 1. The minimum Gasteiger partial charge on any atom is -0.508 e. The van der Waals surface area contributed by atoms with Crippen molar-refractivity contribution in [1.29, 1.82) is 0 Å². The number of benzene rings is 2. The van der Waals surface area contributed by atoms with E-state index in [0.717, 1.165) is 0 Å². The molecule has 0 saturated heterocycles. The first-order valence-corrected chi connectivity index (χ1v) is 7.13. The van der Waals surface area contributed by atoms with E-state index in [1.807, 2.05) is 0 Å². The van der Waals surface area contributed by atoms with E-state index in [2.05, 4.69) is 4.99 Å². The second-order valence-electron chi connectivity index (χ2n) is 5.01. The maximum Gasteiger partial charge on any atom is 0.362 e. The Morgan fingerprint density at radius 1 is 1.08 bits per heavy atom. The number of nitrogens with zero attached hydrogens (tertiary/aromatic N) is 1. The van der Waals surface area contributed by atoms with E-state index in [-0.39, 0.29) is 11.4 Å². The zero-order chi connectivity index (χ0) is 17.1. The van der Waals surface area contributed by atoms with E-state index in [0.29, 0.717) is 28.0 Å². The smallest absolute Gasteiger partial charge is 0.362 e. The number of hydrogen-bond donors (Lipinski definition) is 1. The van der Waals surface area contributed by atoms with Crippen LogP contribution in [0.15, 0.2) is 56.7 Å². The first kappa shape index (κ1) is 15.6. The molecule has 0 saturated carbocycles. The Morgan fingerprint density at radius 2 is 1.92 bits per heavy atom. The first-order chi connectivity index (χ1) is 11.6. The number of rotatable bonds is 4. The molecule has 1 aromatic heterocycles. The Morgan fingerprint density at radius 3 is 2.67 bits per heavy atom. The lowest BCUT2D eigenvalue weighted by molar-refractivity contribution is 0.402. The van der Waals surface area contributed by atoms with Crippen molar-refractivity contribution < 1.29 is 19.0 Å². The second kappa shape index (κ2) is 6.45. The average Bonchev–Trinajstić information content (AvgIpc) is 2.59. The van der Waals surface area contributed by atoms with Crippen molar-refractivity contribution in [3.05, 3.63) is 58.4 Å². The predicted octanol–water partition coefficient (Wildman–Crippen LogP) is 3.27. The summed E-state index contributed by atoms with van der Waals surface area (Å²) in [4.78, 5) is 16.2. The molecule has 6 nitrogen and oxygen atoms in total. The normalized spacial score (nSPS) is 11.1. The van der Waals surface area contributed by atoms with Gasteiger partial charge < -0.3 is 19.0 Å². The van der Waals surface area contributed by atoms with Gasteiger partial charge in [-0.15, -0.1) is 0 Å². The van der Waals surface area contributed by atoms with E-state index in [1.165, 1.54) is 18.3 Å². The van der Waals surface area contributed by atoms with Crippen molar-refractivity contribution in [2.24, 2.45) is 4.99 Å². The van der Waals surface area contributed by atoms with Crippen LogP contribution in [0.3, 0.4) is 0 Å². The lowest BCUT2D eigenvalue weighted by atomic mass is 10.2. The van der Waals surface area contributed by atoms with Gasteiger partial charge in [-0.25, -0.2) is 9.79 Å². The maximum atomic E-state index is 12.0. The molecule has 0 aliphatic heterocycles. The topological polar surface area (TPSA) is 81.3 Å². The van der Waals surface area contributed by atoms with Gasteiger partial charge in [0.1, 0.15) is 28.5 Å². The molecular weight excluding hydrogens is 310 g/mol. The van der Waals surface area contributed by atoms with Crippen molar-refractivity contribution in [2.75, 3.05) is 14.2 Å². The molecule has 0 bridgehead atoms. The van der Waals surface area contributed by atoms with Crippen molar-refractivity contribution in [3.63, 3.8) is 0 Å². The molecule has 2 aromatic carbocycles. The summed E-state index contributed by atoms with van der Waals surface area (Å²) in [7, 11) is 3.12. The molecule has 1 heterocycles. The highest BCUT2D eigenvalue weighted by Gasteiger charge is 2.06. The highest BCUT2D eigenvalue weighted by Crippen LogP contribution is 2.24. The van der Waals surface area contributed by atoms with E-state index in [1.54, 1.807) is 44.6 Å². The summed E-state index contributed by atoms with van der Waals surface area (Å²) in [5.41, 5.74) is 0.532. The van der Waals surface area contributed by atoms with E-state index in [9.17, 15) is 9.90 Å². The Hall–Kier alpha value is -3.28. The van der Waals surface area contributed by atoms with E-state index < -0.39 is 5.63 Å². The molecule has 0 aliphatic rings. The SMILES string of the molecule is COc1ccc(OC)c(C=Nc2cc3ccc(O)cc3oc2=O)c1. The molecule has 1 N–H and O–H groups in total. The predicted molar refractivity (Wildman–Crippen MR) is 90.9 cm³/mol. The summed E-state index contributed by atoms with van der Waals surface area (Å²) in [5.74, 6) is 1.29. The minimum absolute atomic E-state index is 0.0306. The molecular formula is C18H15NO5. The summed E-state index contributed by atoms with van der Waals surface area (Å²) in [6, 6.07) is 11.4. The third-order valence-electron chi connectivity index (χ3n) is 3.48. The molecule has 0 aliphatic carbocycles. The second-order valence-corrected chi connectivity index (χ2v) is 5.01. The molecule has 0 radical (unpaired) electrons. The van der Waals surface area contributed by atoms with Crippen LogP contribution in [0.4, 0.5) is 5.69 Å². The molecule has 0 unspecified atom stereocenters. The maximum absolute atomic E-state index is 12.0. The zero-order valence-corrected chi connectivity index (χ0v) is 13.1. The highest BCUT2D eigenvalue weighted by molar-refractivity contribution is 5.87. The molecule has 24 heavy (non-hydrogen) atoms. The summed E-state index contributed by atoms with van der Waals surface area (Å²) in [6.07, 6.45) is 1.51. The van der Waals surface area contributed by atoms with Crippen LogP contribution < -0.4 is 15.1 Å². The van der Waals surface area contributed by atoms with Crippen molar-refractivity contribution in [1.82, 2.24) is 0 Å². The van der Waals surface area contributed by atoms with Crippen molar-refractivity contribution >= 4 is 22.9 Å². The summed E-state index contributed by atoms with van der Waals surface area (Å²) in [5, 5.41) is 10.1. The third kappa shape index (κ3) is 3.08. The quantitative estimate of drug-likeness (QED) is 0.588. The van der Waals surface area contributed by atoms with Crippen LogP contribution in [0.1, 0.15) is 5.56 Å². The monoisotopic (exact) mass is 325 g/mol. The van der Waals surface area contributed by atoms with Gasteiger partial charge in [-0.3, -0.25) is 0 Å². The van der Waals surface area contributed by atoms with E-state index >= 15 is 0 Å². The highest BCUT2D eigenvalue weighted by atomic mass is 16.5. The van der Waals surface area contributed by atoms with Gasteiger partial charge in [0.2, 0.25) is 0 Å². The van der Waals surface area contributed by atoms with Gasteiger partial charge >= 0.3 is 5.63 Å². The van der Waals surface area contributed by atoms with Crippen LogP contribution >= 0.6 is 0 Å². The largest absolute Gasteiger partial charge is 0.508 e. The Kier molecular flexibility index (Phi) is 4.20. The number of hydrogen-bond acceptors (Lipinski definition) is 6. The van der Waals surface area contributed by atoms with Gasteiger partial charge in [0.05, 0.1) is 14.2 Å². The number of fused-ring (bicyclic) bond motifs is 1. The van der Waals surface area contributed by atoms with Crippen LogP contribution in [0.5, 0.6) is 17.2 Å². The number of aliphatic imine (C=N–C) groups is 1. The number of ether oxygens (including phenoxy) is 2. The summed E-state index contributed by atoms with van der Waals surface area (Å²) >= 11 is 0. The molecule has 3 rings (SSSR count). The van der Waals surface area contributed by atoms with Gasteiger partial charge in [0.25, 0.3) is 0 Å². The lowest BCUT2D eigenvalue weighted by Crippen LogP contribution is -1.98. The Labute approximate surface area is 137 Å². The third-order valence-corrected chi connectivity index (χ3v) is 3.48. The van der Waals surface area contributed by atoms with Crippen LogP contribution in [-0.4, -0.2) is 25.5 Å². The van der Waals surface area contributed by atoms with E-state index in [4.69, 9.17) is 13.9 Å². The molecule has 122 valence electrons. The summed E-state index contributed by atoms with van der Waals surface area (Å²) in [6.45, 7) is 0. The molecule has 0 amide bonds. The molecule has 0 fully saturated rings. The Bertz CT molecular complexity index is 975. The lowest BCUT2D eigenvalue weighted by Gasteiger charge is -2.06. The zero-order valence-electron chi connectivity index (χ0n) is 13.1. The van der Waals surface area contributed by atoms with Crippen molar-refractivity contribution in [2.45, 2.75) is 0 Å². The standard InChI is InChI=1S/C18H15NO5/c1-22-14-5-6-16(23-2)12(7-14)10-19-15-8-11-3-4-13(20)9-17(11)24-18(15)21/h3-10,20H,1-2H3. The summed E-state index contributed by atoms with van der Waals surface area (Å²) < 4.78 is 15.6. The van der Waals surface area contributed by atoms with Crippen LogP contribution in [0, 0.1) is 0 Å². The average molecular weight is 325 g/mol. The molecule has 0 atom stereocenters. The van der Waals surface area contributed by atoms with Gasteiger partial charge in [-0.05, 0) is 36.4 Å². The number of aromatic hydroxyl groups is 1. The van der Waals surface area contributed by atoms with Crippen molar-refractivity contribution in [3.8, 4) is 17.2 Å². The fraction of sp³-hybridized carbons (Fsp3) is 0.111.